The largest absolute Gasteiger partial charge is 0.506 e. The molecular formula is C13H9ClF2O. The van der Waals surface area contributed by atoms with Crippen molar-refractivity contribution < 1.29 is 13.9 Å². The van der Waals surface area contributed by atoms with Crippen LogP contribution in [0.4, 0.5) is 8.78 Å². The summed E-state index contributed by atoms with van der Waals surface area (Å²) >= 11 is 5.65. The molecular weight excluding hydrogens is 246 g/mol. The lowest BCUT2D eigenvalue weighted by Gasteiger charge is -2.07. The zero-order chi connectivity index (χ0) is 12.6. The van der Waals surface area contributed by atoms with Crippen molar-refractivity contribution in [1.29, 1.82) is 0 Å². The zero-order valence-electron chi connectivity index (χ0n) is 8.97. The van der Waals surface area contributed by atoms with E-state index in [9.17, 15) is 13.9 Å². The van der Waals surface area contributed by atoms with Crippen molar-refractivity contribution in [3.8, 4) is 16.9 Å². The van der Waals surface area contributed by atoms with Crippen LogP contribution in [0.3, 0.4) is 0 Å². The van der Waals surface area contributed by atoms with E-state index in [0.717, 1.165) is 0 Å². The van der Waals surface area contributed by atoms with Gasteiger partial charge in [0.25, 0.3) is 0 Å². The van der Waals surface area contributed by atoms with E-state index in [0.29, 0.717) is 5.56 Å². The number of hydrogen-bond acceptors (Lipinski definition) is 1. The first kappa shape index (κ1) is 11.9. The van der Waals surface area contributed by atoms with Crippen LogP contribution >= 0.6 is 11.6 Å². The Labute approximate surface area is 102 Å². The minimum absolute atomic E-state index is 0.0973. The second-order valence-electron chi connectivity index (χ2n) is 3.72. The van der Waals surface area contributed by atoms with Gasteiger partial charge in [-0.3, -0.25) is 0 Å². The van der Waals surface area contributed by atoms with E-state index in [1.165, 1.54) is 37.3 Å². The van der Waals surface area contributed by atoms with E-state index in [4.69, 9.17) is 11.6 Å². The number of phenols is 1. The van der Waals surface area contributed by atoms with Gasteiger partial charge >= 0.3 is 0 Å². The third-order valence-corrected chi connectivity index (χ3v) is 2.85. The van der Waals surface area contributed by atoms with Gasteiger partial charge in [-0.1, -0.05) is 29.8 Å². The Morgan fingerprint density at radius 3 is 2.41 bits per heavy atom. The quantitative estimate of drug-likeness (QED) is 0.804. The van der Waals surface area contributed by atoms with Gasteiger partial charge in [-0.25, -0.2) is 8.78 Å². The Hall–Kier alpha value is -1.61. The topological polar surface area (TPSA) is 20.2 Å². The van der Waals surface area contributed by atoms with Gasteiger partial charge in [-0.05, 0) is 30.2 Å². The Bertz CT molecular complexity index is 582. The van der Waals surface area contributed by atoms with Crippen molar-refractivity contribution >= 4 is 11.6 Å². The highest BCUT2D eigenvalue weighted by atomic mass is 35.5. The molecule has 2 aromatic carbocycles. The average molecular weight is 255 g/mol. The molecule has 0 fully saturated rings. The molecule has 2 aromatic rings. The molecule has 0 aromatic heterocycles. The van der Waals surface area contributed by atoms with Crippen molar-refractivity contribution in [3.63, 3.8) is 0 Å². The molecule has 2 rings (SSSR count). The van der Waals surface area contributed by atoms with Gasteiger partial charge in [-0.15, -0.1) is 0 Å². The van der Waals surface area contributed by atoms with Crippen LogP contribution in [0.25, 0.3) is 11.1 Å². The minimum atomic E-state index is -0.924. The molecule has 0 aliphatic heterocycles. The molecule has 4 heteroatoms. The average Bonchev–Trinajstić information content (AvgIpc) is 2.30. The van der Waals surface area contributed by atoms with Gasteiger partial charge in [0.1, 0.15) is 5.75 Å². The summed E-state index contributed by atoms with van der Waals surface area (Å²) in [5.41, 5.74) is 0.716. The summed E-state index contributed by atoms with van der Waals surface area (Å²) in [7, 11) is 0. The molecule has 0 heterocycles. The highest BCUT2D eigenvalue weighted by Crippen LogP contribution is 2.32. The predicted octanol–water partition coefficient (Wildman–Crippen LogP) is 4.30. The predicted molar refractivity (Wildman–Crippen MR) is 63.2 cm³/mol. The number of phenolic OH excluding ortho intramolecular Hbond substituents is 1. The standard InChI is InChI=1S/C13H9ClF2O/c1-7-2-4-9(13(16)12(7)15)8-3-5-10(14)11(17)6-8/h2-6,17H,1H3. The van der Waals surface area contributed by atoms with Gasteiger partial charge in [-0.2, -0.15) is 0 Å². The summed E-state index contributed by atoms with van der Waals surface area (Å²) in [6, 6.07) is 7.21. The van der Waals surface area contributed by atoms with Crippen LogP contribution < -0.4 is 0 Å². The van der Waals surface area contributed by atoms with Gasteiger partial charge < -0.3 is 5.11 Å². The Morgan fingerprint density at radius 1 is 1.06 bits per heavy atom. The molecule has 0 aliphatic rings. The Balaban J connectivity index is 2.61. The molecule has 0 saturated heterocycles. The first-order chi connectivity index (χ1) is 8.00. The number of benzene rings is 2. The number of halogens is 3. The van der Waals surface area contributed by atoms with Gasteiger partial charge in [0.2, 0.25) is 0 Å². The van der Waals surface area contributed by atoms with E-state index in [1.807, 2.05) is 0 Å². The summed E-state index contributed by atoms with van der Waals surface area (Å²) in [6.07, 6.45) is 0. The normalized spacial score (nSPS) is 10.6. The molecule has 17 heavy (non-hydrogen) atoms. The van der Waals surface area contributed by atoms with Crippen LogP contribution in [0.15, 0.2) is 30.3 Å². The number of aromatic hydroxyl groups is 1. The van der Waals surface area contributed by atoms with Gasteiger partial charge in [0.05, 0.1) is 5.02 Å². The highest BCUT2D eigenvalue weighted by molar-refractivity contribution is 6.32. The van der Waals surface area contributed by atoms with E-state index in [1.54, 1.807) is 0 Å². The molecule has 0 saturated carbocycles. The van der Waals surface area contributed by atoms with Crippen molar-refractivity contribution in [2.75, 3.05) is 0 Å². The van der Waals surface area contributed by atoms with E-state index in [-0.39, 0.29) is 21.9 Å². The Morgan fingerprint density at radius 2 is 1.76 bits per heavy atom. The second-order valence-corrected chi connectivity index (χ2v) is 4.13. The number of rotatable bonds is 1. The number of hydrogen-bond donors (Lipinski definition) is 1. The summed E-state index contributed by atoms with van der Waals surface area (Å²) in [5, 5.41) is 9.60. The summed E-state index contributed by atoms with van der Waals surface area (Å²) < 4.78 is 27.1. The fraction of sp³-hybridized carbons (Fsp3) is 0.0769. The lowest BCUT2D eigenvalue weighted by atomic mass is 10.0. The Kier molecular flexibility index (Phi) is 3.03. The summed E-state index contributed by atoms with van der Waals surface area (Å²) in [4.78, 5) is 0. The monoisotopic (exact) mass is 254 g/mol. The molecule has 0 aliphatic carbocycles. The molecule has 0 atom stereocenters. The van der Waals surface area contributed by atoms with Crippen molar-refractivity contribution in [2.45, 2.75) is 6.92 Å². The maximum absolute atomic E-state index is 13.7. The van der Waals surface area contributed by atoms with Gasteiger partial charge in [0, 0.05) is 5.56 Å². The first-order valence-corrected chi connectivity index (χ1v) is 5.32. The van der Waals surface area contributed by atoms with Gasteiger partial charge in [0.15, 0.2) is 11.6 Å². The summed E-state index contributed by atoms with van der Waals surface area (Å²) in [6.45, 7) is 1.49. The fourth-order valence-electron chi connectivity index (χ4n) is 1.55. The SMILES string of the molecule is Cc1ccc(-c2ccc(Cl)c(O)c2)c(F)c1F. The van der Waals surface area contributed by atoms with Crippen LogP contribution in [-0.4, -0.2) is 5.11 Å². The molecule has 1 nitrogen and oxygen atoms in total. The molecule has 0 spiro atoms. The molecule has 1 N–H and O–H groups in total. The lowest BCUT2D eigenvalue weighted by Crippen LogP contribution is -1.92. The fourth-order valence-corrected chi connectivity index (χ4v) is 1.67. The van der Waals surface area contributed by atoms with Crippen LogP contribution in [0.1, 0.15) is 5.56 Å². The third-order valence-electron chi connectivity index (χ3n) is 2.53. The van der Waals surface area contributed by atoms with E-state index >= 15 is 0 Å². The van der Waals surface area contributed by atoms with Crippen molar-refractivity contribution in [1.82, 2.24) is 0 Å². The molecule has 0 amide bonds. The van der Waals surface area contributed by atoms with Crippen LogP contribution in [0.2, 0.25) is 5.02 Å². The smallest absolute Gasteiger partial charge is 0.166 e. The minimum Gasteiger partial charge on any atom is -0.506 e. The lowest BCUT2D eigenvalue weighted by molar-refractivity contribution is 0.475. The van der Waals surface area contributed by atoms with Crippen LogP contribution in [0, 0.1) is 18.6 Å². The summed E-state index contributed by atoms with van der Waals surface area (Å²) in [5.74, 6) is -1.96. The molecule has 0 radical (unpaired) electrons. The highest BCUT2D eigenvalue weighted by Gasteiger charge is 2.13. The maximum atomic E-state index is 13.7. The zero-order valence-corrected chi connectivity index (χ0v) is 9.72. The van der Waals surface area contributed by atoms with Crippen molar-refractivity contribution in [3.05, 3.63) is 52.6 Å². The third kappa shape index (κ3) is 2.11. The first-order valence-electron chi connectivity index (χ1n) is 4.94. The van der Waals surface area contributed by atoms with E-state index < -0.39 is 11.6 Å². The molecule has 0 bridgehead atoms. The number of aryl methyl sites for hydroxylation is 1. The maximum Gasteiger partial charge on any atom is 0.166 e. The van der Waals surface area contributed by atoms with Crippen LogP contribution in [0.5, 0.6) is 5.75 Å². The molecule has 0 unspecified atom stereocenters. The van der Waals surface area contributed by atoms with E-state index in [2.05, 4.69) is 0 Å². The van der Waals surface area contributed by atoms with Crippen LogP contribution in [-0.2, 0) is 0 Å². The second kappa shape index (κ2) is 4.34. The van der Waals surface area contributed by atoms with Crippen molar-refractivity contribution in [2.24, 2.45) is 0 Å². The molecule has 88 valence electrons.